The molecule has 4 nitrogen and oxygen atoms in total. The van der Waals surface area contributed by atoms with Crippen LogP contribution in [-0.4, -0.2) is 28.9 Å². The van der Waals surface area contributed by atoms with E-state index in [1.165, 1.54) is 17.0 Å². The highest BCUT2D eigenvalue weighted by Crippen LogP contribution is 2.37. The van der Waals surface area contributed by atoms with E-state index >= 15 is 0 Å². The van der Waals surface area contributed by atoms with Gasteiger partial charge in [0.1, 0.15) is 12.1 Å². The molecule has 2 atom stereocenters. The van der Waals surface area contributed by atoms with Gasteiger partial charge in [-0.25, -0.2) is 9.18 Å². The van der Waals surface area contributed by atoms with Crippen molar-refractivity contribution in [3.63, 3.8) is 0 Å². The maximum atomic E-state index is 13.1. The topological polar surface area (TPSA) is 57.6 Å². The van der Waals surface area contributed by atoms with Crippen molar-refractivity contribution in [3.05, 3.63) is 35.1 Å². The molecule has 1 heterocycles. The molecule has 0 unspecified atom stereocenters. The Kier molecular flexibility index (Phi) is 3.32. The first-order valence-electron chi connectivity index (χ1n) is 5.75. The number of likely N-dealkylation sites (tertiary alicyclic amines) is 1. The summed E-state index contributed by atoms with van der Waals surface area (Å²) in [6.07, 6.45) is 0.251. The third-order valence-electron chi connectivity index (χ3n) is 3.42. The number of hydrogen-bond donors (Lipinski definition) is 1. The fourth-order valence-corrected chi connectivity index (χ4v) is 2.54. The molecule has 5 heteroatoms. The zero-order chi connectivity index (χ0) is 13.3. The number of aryl methyl sites for hydroxylation is 1. The van der Waals surface area contributed by atoms with Crippen molar-refractivity contribution in [1.82, 2.24) is 4.90 Å². The highest BCUT2D eigenvalue weighted by atomic mass is 19.1. The van der Waals surface area contributed by atoms with Gasteiger partial charge in [0.25, 0.3) is 0 Å². The van der Waals surface area contributed by atoms with E-state index < -0.39 is 12.1 Å². The fraction of sp³-hybridized carbons (Fsp3) is 0.385. The number of carboxylic acid groups (broad SMARTS) is 1. The molecule has 0 aromatic heterocycles. The molecule has 1 aliphatic rings. The van der Waals surface area contributed by atoms with Gasteiger partial charge in [-0.3, -0.25) is 0 Å². The predicted octanol–water partition coefficient (Wildman–Crippen LogP) is 2.37. The number of hydrogen-bond acceptors (Lipinski definition) is 2. The average molecular weight is 251 g/mol. The quantitative estimate of drug-likeness (QED) is 0.821. The number of rotatable bonds is 2. The van der Waals surface area contributed by atoms with Gasteiger partial charge >= 0.3 is 6.09 Å². The lowest BCUT2D eigenvalue weighted by molar-refractivity contribution is -0.111. The van der Waals surface area contributed by atoms with Gasteiger partial charge < -0.3 is 14.8 Å². The van der Waals surface area contributed by atoms with Gasteiger partial charge in [0, 0.05) is 12.5 Å². The Labute approximate surface area is 104 Å². The Morgan fingerprint density at radius 1 is 1.56 bits per heavy atom. The molecule has 1 saturated heterocycles. The Morgan fingerprint density at radius 3 is 2.83 bits per heavy atom. The number of amides is 1. The van der Waals surface area contributed by atoms with Crippen LogP contribution in [0.25, 0.3) is 0 Å². The van der Waals surface area contributed by atoms with Gasteiger partial charge in [-0.1, -0.05) is 6.07 Å². The van der Waals surface area contributed by atoms with Crippen molar-refractivity contribution in [2.75, 3.05) is 6.54 Å². The molecule has 0 spiro atoms. The van der Waals surface area contributed by atoms with Crippen LogP contribution in [0.4, 0.5) is 9.18 Å². The second kappa shape index (κ2) is 4.76. The fourth-order valence-electron chi connectivity index (χ4n) is 2.54. The summed E-state index contributed by atoms with van der Waals surface area (Å²) >= 11 is 0. The number of carbonyl (C=O) groups excluding carboxylic acids is 1. The van der Waals surface area contributed by atoms with Crippen LogP contribution in [0.15, 0.2) is 18.2 Å². The number of carbonyl (C=O) groups is 2. The third kappa shape index (κ3) is 2.08. The molecule has 1 N–H and O–H groups in total. The van der Waals surface area contributed by atoms with Gasteiger partial charge in [-0.2, -0.15) is 0 Å². The van der Waals surface area contributed by atoms with E-state index in [9.17, 15) is 14.0 Å². The predicted molar refractivity (Wildman–Crippen MR) is 62.8 cm³/mol. The Morgan fingerprint density at radius 2 is 2.28 bits per heavy atom. The minimum Gasteiger partial charge on any atom is -0.465 e. The molecule has 96 valence electrons. The van der Waals surface area contributed by atoms with Crippen LogP contribution >= 0.6 is 0 Å². The van der Waals surface area contributed by atoms with E-state index in [-0.39, 0.29) is 11.7 Å². The maximum absolute atomic E-state index is 13.1. The van der Waals surface area contributed by atoms with Crippen LogP contribution < -0.4 is 0 Å². The summed E-state index contributed by atoms with van der Waals surface area (Å²) in [6, 6.07) is 3.71. The summed E-state index contributed by atoms with van der Waals surface area (Å²) in [5.74, 6) is -0.718. The standard InChI is InChI=1S/C13H14FNO3/c1-8-6-10(14)2-3-11(8)12-9(7-16)4-5-15(12)13(17)18/h2-3,6-7,9,12H,4-5H2,1H3,(H,17,18)/t9-,12+/m1/s1. The first-order chi connectivity index (χ1) is 8.54. The van der Waals surface area contributed by atoms with Crippen LogP contribution in [0.3, 0.4) is 0 Å². The molecule has 1 amide bonds. The normalized spacial score (nSPS) is 23.1. The smallest absolute Gasteiger partial charge is 0.407 e. The number of halogens is 1. The molecule has 0 aliphatic carbocycles. The van der Waals surface area contributed by atoms with Gasteiger partial charge in [0.15, 0.2) is 0 Å². The van der Waals surface area contributed by atoms with Crippen LogP contribution in [0.1, 0.15) is 23.6 Å². The molecule has 1 aromatic rings. The Hall–Kier alpha value is -1.91. The van der Waals surface area contributed by atoms with Crippen molar-refractivity contribution < 1.29 is 19.1 Å². The average Bonchev–Trinajstić information content (AvgIpc) is 2.72. The maximum Gasteiger partial charge on any atom is 0.407 e. The van der Waals surface area contributed by atoms with E-state index in [1.54, 1.807) is 13.0 Å². The summed E-state index contributed by atoms with van der Waals surface area (Å²) in [4.78, 5) is 23.5. The molecular weight excluding hydrogens is 237 g/mol. The summed E-state index contributed by atoms with van der Waals surface area (Å²) in [7, 11) is 0. The van der Waals surface area contributed by atoms with Crippen molar-refractivity contribution in [2.45, 2.75) is 19.4 Å². The molecule has 2 rings (SSSR count). The molecule has 1 aliphatic heterocycles. The molecular formula is C13H14FNO3. The SMILES string of the molecule is Cc1cc(F)ccc1[C@@H]1[C@@H](C=O)CCN1C(=O)O. The molecule has 0 bridgehead atoms. The summed E-state index contributed by atoms with van der Waals surface area (Å²) in [5, 5.41) is 9.14. The zero-order valence-corrected chi connectivity index (χ0v) is 9.97. The molecule has 1 fully saturated rings. The van der Waals surface area contributed by atoms with Crippen LogP contribution in [0.2, 0.25) is 0 Å². The van der Waals surface area contributed by atoms with E-state index in [2.05, 4.69) is 0 Å². The Bertz CT molecular complexity index is 489. The van der Waals surface area contributed by atoms with E-state index in [0.717, 1.165) is 6.29 Å². The molecule has 0 radical (unpaired) electrons. The molecule has 0 saturated carbocycles. The number of nitrogens with zero attached hydrogens (tertiary/aromatic N) is 1. The van der Waals surface area contributed by atoms with E-state index in [4.69, 9.17) is 5.11 Å². The highest BCUT2D eigenvalue weighted by Gasteiger charge is 2.38. The zero-order valence-electron chi connectivity index (χ0n) is 9.97. The second-order valence-corrected chi connectivity index (χ2v) is 4.51. The summed E-state index contributed by atoms with van der Waals surface area (Å²) in [6.45, 7) is 2.05. The van der Waals surface area contributed by atoms with Crippen LogP contribution in [0, 0.1) is 18.7 Å². The minimum absolute atomic E-state index is 0.334. The van der Waals surface area contributed by atoms with Gasteiger partial charge in [0.2, 0.25) is 0 Å². The van der Waals surface area contributed by atoms with Crippen molar-refractivity contribution in [3.8, 4) is 0 Å². The van der Waals surface area contributed by atoms with Crippen LogP contribution in [-0.2, 0) is 4.79 Å². The Balaban J connectivity index is 2.43. The lowest BCUT2D eigenvalue weighted by Gasteiger charge is -2.25. The van der Waals surface area contributed by atoms with Gasteiger partial charge in [-0.15, -0.1) is 0 Å². The summed E-state index contributed by atoms with van der Waals surface area (Å²) in [5.41, 5.74) is 1.37. The van der Waals surface area contributed by atoms with Crippen molar-refractivity contribution >= 4 is 12.4 Å². The molecule has 18 heavy (non-hydrogen) atoms. The van der Waals surface area contributed by atoms with E-state index in [0.29, 0.717) is 24.1 Å². The second-order valence-electron chi connectivity index (χ2n) is 4.51. The van der Waals surface area contributed by atoms with E-state index in [1.807, 2.05) is 0 Å². The monoisotopic (exact) mass is 251 g/mol. The van der Waals surface area contributed by atoms with Gasteiger partial charge in [0.05, 0.1) is 6.04 Å². The first-order valence-corrected chi connectivity index (χ1v) is 5.75. The number of aldehydes is 1. The van der Waals surface area contributed by atoms with Crippen LogP contribution in [0.5, 0.6) is 0 Å². The lowest BCUT2D eigenvalue weighted by atomic mass is 9.92. The van der Waals surface area contributed by atoms with Gasteiger partial charge in [-0.05, 0) is 36.6 Å². The third-order valence-corrected chi connectivity index (χ3v) is 3.42. The first kappa shape index (κ1) is 12.5. The summed E-state index contributed by atoms with van der Waals surface area (Å²) < 4.78 is 13.1. The van der Waals surface area contributed by atoms with Crippen molar-refractivity contribution in [2.24, 2.45) is 5.92 Å². The highest BCUT2D eigenvalue weighted by molar-refractivity contribution is 5.69. The molecule has 1 aromatic carbocycles. The largest absolute Gasteiger partial charge is 0.465 e. The minimum atomic E-state index is -1.05. The van der Waals surface area contributed by atoms with Crippen molar-refractivity contribution in [1.29, 1.82) is 0 Å². The number of benzene rings is 1. The lowest BCUT2D eigenvalue weighted by Crippen LogP contribution is -2.31.